The molecule has 7 heteroatoms. The van der Waals surface area contributed by atoms with E-state index in [-0.39, 0.29) is 5.91 Å². The number of amides is 1. The molecule has 0 fully saturated rings. The Morgan fingerprint density at radius 1 is 1.04 bits per heavy atom. The molecule has 2 aromatic carbocycles. The van der Waals surface area contributed by atoms with Crippen LogP contribution in [0.1, 0.15) is 15.9 Å². The third kappa shape index (κ3) is 3.86. The highest BCUT2D eigenvalue weighted by molar-refractivity contribution is 6.39. The van der Waals surface area contributed by atoms with E-state index in [4.69, 9.17) is 23.2 Å². The number of fused-ring (bicyclic) bond motifs is 1. The summed E-state index contributed by atoms with van der Waals surface area (Å²) in [5.41, 5.74) is 3.81. The number of benzene rings is 2. The lowest BCUT2D eigenvalue weighted by Crippen LogP contribution is -2.25. The van der Waals surface area contributed by atoms with E-state index in [0.717, 1.165) is 23.0 Å². The van der Waals surface area contributed by atoms with Gasteiger partial charge in [-0.05, 0) is 54.4 Å². The van der Waals surface area contributed by atoms with Crippen LogP contribution in [0.15, 0.2) is 60.9 Å². The van der Waals surface area contributed by atoms with Crippen molar-refractivity contribution in [3.8, 4) is 11.4 Å². The first-order valence-electron chi connectivity index (χ1n) is 8.73. The zero-order valence-electron chi connectivity index (χ0n) is 14.7. The number of H-pyrrole nitrogens is 1. The number of pyridine rings is 1. The maximum atomic E-state index is 12.5. The molecule has 5 nitrogen and oxygen atoms in total. The van der Waals surface area contributed by atoms with Crippen LogP contribution in [0.2, 0.25) is 10.0 Å². The molecular weight excluding hydrogens is 395 g/mol. The van der Waals surface area contributed by atoms with Crippen LogP contribution >= 0.6 is 23.2 Å². The molecule has 0 unspecified atom stereocenters. The van der Waals surface area contributed by atoms with Crippen LogP contribution in [-0.2, 0) is 6.42 Å². The Kier molecular flexibility index (Phi) is 5.28. The summed E-state index contributed by atoms with van der Waals surface area (Å²) in [6.07, 6.45) is 4.23. The number of rotatable bonds is 5. The van der Waals surface area contributed by atoms with Crippen molar-refractivity contribution in [1.29, 1.82) is 0 Å². The van der Waals surface area contributed by atoms with Crippen LogP contribution in [-0.4, -0.2) is 27.4 Å². The van der Waals surface area contributed by atoms with E-state index < -0.39 is 0 Å². The smallest absolute Gasteiger partial charge is 0.251 e. The highest BCUT2D eigenvalue weighted by Crippen LogP contribution is 2.33. The lowest BCUT2D eigenvalue weighted by molar-refractivity contribution is 0.0954. The van der Waals surface area contributed by atoms with Crippen LogP contribution in [0.4, 0.5) is 0 Å². The lowest BCUT2D eigenvalue weighted by atomic mass is 10.1. The number of nitrogens with zero attached hydrogens (tertiary/aromatic N) is 2. The highest BCUT2D eigenvalue weighted by atomic mass is 35.5. The largest absolute Gasteiger partial charge is 0.352 e. The van der Waals surface area contributed by atoms with Gasteiger partial charge < -0.3 is 10.3 Å². The molecule has 0 aliphatic heterocycles. The van der Waals surface area contributed by atoms with Crippen molar-refractivity contribution < 1.29 is 4.79 Å². The minimum Gasteiger partial charge on any atom is -0.352 e. The van der Waals surface area contributed by atoms with Gasteiger partial charge in [0.25, 0.3) is 5.91 Å². The number of aromatic nitrogens is 3. The molecular formula is C21H16Cl2N4O. The van der Waals surface area contributed by atoms with E-state index in [1.165, 1.54) is 0 Å². The zero-order valence-corrected chi connectivity index (χ0v) is 16.3. The Morgan fingerprint density at radius 3 is 2.54 bits per heavy atom. The van der Waals surface area contributed by atoms with Gasteiger partial charge in [0.15, 0.2) is 0 Å². The van der Waals surface area contributed by atoms with Gasteiger partial charge in [0, 0.05) is 24.5 Å². The maximum absolute atomic E-state index is 12.5. The average molecular weight is 411 g/mol. The van der Waals surface area contributed by atoms with Gasteiger partial charge in [0.1, 0.15) is 5.82 Å². The Bertz CT molecular complexity index is 1120. The molecule has 0 saturated carbocycles. The summed E-state index contributed by atoms with van der Waals surface area (Å²) in [6, 6.07) is 14.5. The number of carbonyl (C=O) groups excluding carboxylic acids is 1. The topological polar surface area (TPSA) is 70.7 Å². The zero-order chi connectivity index (χ0) is 19.5. The Labute approximate surface area is 171 Å². The fourth-order valence-corrected chi connectivity index (χ4v) is 3.54. The number of halogens is 2. The Hall–Kier alpha value is -2.89. The molecule has 0 aliphatic rings. The summed E-state index contributed by atoms with van der Waals surface area (Å²) in [5.74, 6) is 0.434. The van der Waals surface area contributed by atoms with Crippen molar-refractivity contribution in [2.24, 2.45) is 0 Å². The van der Waals surface area contributed by atoms with Gasteiger partial charge >= 0.3 is 0 Å². The molecule has 0 saturated heterocycles. The molecule has 0 radical (unpaired) electrons. The van der Waals surface area contributed by atoms with Crippen molar-refractivity contribution in [2.45, 2.75) is 6.42 Å². The SMILES string of the molecule is O=C(NCCc1ccncc1)c1ccc2nc(-c3c(Cl)cccc3Cl)[nH]c2c1. The van der Waals surface area contributed by atoms with Gasteiger partial charge in [-0.2, -0.15) is 0 Å². The predicted molar refractivity (Wildman–Crippen MR) is 112 cm³/mol. The maximum Gasteiger partial charge on any atom is 0.251 e. The molecule has 0 spiro atoms. The quantitative estimate of drug-likeness (QED) is 0.491. The molecule has 4 aromatic rings. The van der Waals surface area contributed by atoms with Crippen molar-refractivity contribution >= 4 is 40.1 Å². The number of imidazole rings is 1. The van der Waals surface area contributed by atoms with E-state index >= 15 is 0 Å². The standard InChI is InChI=1S/C21H16Cl2N4O/c22-15-2-1-3-16(23)19(15)20-26-17-5-4-14(12-18(17)27-20)21(28)25-11-8-13-6-9-24-10-7-13/h1-7,9-10,12H,8,11H2,(H,25,28)(H,26,27). The first-order chi connectivity index (χ1) is 13.6. The van der Waals surface area contributed by atoms with Crippen LogP contribution in [0.3, 0.4) is 0 Å². The van der Waals surface area contributed by atoms with E-state index in [9.17, 15) is 4.79 Å². The van der Waals surface area contributed by atoms with Crippen LogP contribution in [0.25, 0.3) is 22.4 Å². The Balaban J connectivity index is 1.52. The molecule has 2 N–H and O–H groups in total. The summed E-state index contributed by atoms with van der Waals surface area (Å²) in [6.45, 7) is 0.546. The lowest BCUT2D eigenvalue weighted by Gasteiger charge is -2.05. The molecule has 0 aliphatic carbocycles. The minimum atomic E-state index is -0.136. The summed E-state index contributed by atoms with van der Waals surface area (Å²) in [7, 11) is 0. The monoisotopic (exact) mass is 410 g/mol. The summed E-state index contributed by atoms with van der Waals surface area (Å²) < 4.78 is 0. The van der Waals surface area contributed by atoms with Crippen molar-refractivity contribution in [3.63, 3.8) is 0 Å². The van der Waals surface area contributed by atoms with Gasteiger partial charge in [-0.25, -0.2) is 4.98 Å². The fraction of sp³-hybridized carbons (Fsp3) is 0.0952. The molecule has 140 valence electrons. The normalized spacial score (nSPS) is 10.9. The second kappa shape index (κ2) is 8.00. The second-order valence-corrected chi connectivity index (χ2v) is 7.09. The molecule has 2 aromatic heterocycles. The van der Waals surface area contributed by atoms with Gasteiger partial charge in [-0.1, -0.05) is 29.3 Å². The number of hydrogen-bond donors (Lipinski definition) is 2. The van der Waals surface area contributed by atoms with Crippen LogP contribution in [0, 0.1) is 0 Å². The third-order valence-electron chi connectivity index (χ3n) is 4.39. The second-order valence-electron chi connectivity index (χ2n) is 6.28. The first-order valence-corrected chi connectivity index (χ1v) is 9.48. The van der Waals surface area contributed by atoms with Crippen LogP contribution in [0.5, 0.6) is 0 Å². The number of aromatic amines is 1. The van der Waals surface area contributed by atoms with Crippen molar-refractivity contribution in [2.75, 3.05) is 6.54 Å². The Morgan fingerprint density at radius 2 is 1.79 bits per heavy atom. The minimum absolute atomic E-state index is 0.136. The van der Waals surface area contributed by atoms with Gasteiger partial charge in [0.2, 0.25) is 0 Å². The van der Waals surface area contributed by atoms with Gasteiger partial charge in [-0.3, -0.25) is 9.78 Å². The number of hydrogen-bond acceptors (Lipinski definition) is 3. The van der Waals surface area contributed by atoms with Crippen LogP contribution < -0.4 is 5.32 Å². The molecule has 0 bridgehead atoms. The highest BCUT2D eigenvalue weighted by Gasteiger charge is 2.14. The fourth-order valence-electron chi connectivity index (χ4n) is 2.97. The number of carbonyl (C=O) groups is 1. The molecule has 2 heterocycles. The predicted octanol–water partition coefficient (Wildman–Crippen LogP) is 4.90. The average Bonchev–Trinajstić information content (AvgIpc) is 3.11. The van der Waals surface area contributed by atoms with E-state index in [1.807, 2.05) is 12.1 Å². The van der Waals surface area contributed by atoms with E-state index in [2.05, 4.69) is 20.3 Å². The molecule has 4 rings (SSSR count). The molecule has 0 atom stereocenters. The van der Waals surface area contributed by atoms with E-state index in [1.54, 1.807) is 48.8 Å². The van der Waals surface area contributed by atoms with Crippen molar-refractivity contribution in [1.82, 2.24) is 20.3 Å². The third-order valence-corrected chi connectivity index (χ3v) is 5.02. The summed E-state index contributed by atoms with van der Waals surface area (Å²) in [5, 5.41) is 3.96. The van der Waals surface area contributed by atoms with E-state index in [0.29, 0.717) is 33.5 Å². The molecule has 28 heavy (non-hydrogen) atoms. The number of nitrogens with one attached hydrogen (secondary N) is 2. The summed E-state index contributed by atoms with van der Waals surface area (Å²) >= 11 is 12.5. The van der Waals surface area contributed by atoms with Gasteiger partial charge in [0.05, 0.1) is 26.6 Å². The van der Waals surface area contributed by atoms with Gasteiger partial charge in [-0.15, -0.1) is 0 Å². The molecule has 1 amide bonds. The summed E-state index contributed by atoms with van der Waals surface area (Å²) in [4.78, 5) is 24.2. The van der Waals surface area contributed by atoms with Crippen molar-refractivity contribution in [3.05, 3.63) is 82.1 Å². The first kappa shape index (κ1) is 18.5.